The summed E-state index contributed by atoms with van der Waals surface area (Å²) in [4.78, 5) is 31.7. The summed E-state index contributed by atoms with van der Waals surface area (Å²) >= 11 is 4.62. The van der Waals surface area contributed by atoms with Crippen molar-refractivity contribution in [1.82, 2.24) is 25.0 Å². The van der Waals surface area contributed by atoms with E-state index in [2.05, 4.69) is 37.7 Å². The summed E-state index contributed by atoms with van der Waals surface area (Å²) in [5, 5.41) is 18.5. The van der Waals surface area contributed by atoms with Crippen molar-refractivity contribution < 1.29 is 19.1 Å². The average Bonchev–Trinajstić information content (AvgIpc) is 3.69. The third kappa shape index (κ3) is 6.51. The quantitative estimate of drug-likeness (QED) is 0.294. The second-order valence-corrected chi connectivity index (χ2v) is 10.4. The molecule has 3 fully saturated rings. The van der Waals surface area contributed by atoms with E-state index in [0.29, 0.717) is 47.7 Å². The summed E-state index contributed by atoms with van der Waals surface area (Å²) in [6, 6.07) is 7.06. The maximum absolute atomic E-state index is 15.9. The summed E-state index contributed by atoms with van der Waals surface area (Å²) in [7, 11) is 0. The summed E-state index contributed by atoms with van der Waals surface area (Å²) in [6.45, 7) is 7.84. The molecule has 3 aliphatic rings. The van der Waals surface area contributed by atoms with E-state index in [1.807, 2.05) is 46.5 Å². The Morgan fingerprint density at radius 1 is 1.18 bits per heavy atom. The van der Waals surface area contributed by atoms with Gasteiger partial charge in [-0.1, -0.05) is 19.9 Å². The zero-order chi connectivity index (χ0) is 29.0. The molecule has 2 atom stereocenters. The van der Waals surface area contributed by atoms with Gasteiger partial charge in [0, 0.05) is 43.6 Å². The third-order valence-electron chi connectivity index (χ3n) is 7.61. The van der Waals surface area contributed by atoms with Crippen LogP contribution in [0.5, 0.6) is 0 Å². The maximum atomic E-state index is 15.9. The molecule has 1 aliphatic carbocycles. The Bertz CT molecular complexity index is 1370. The van der Waals surface area contributed by atoms with Gasteiger partial charge in [0.15, 0.2) is 0 Å². The van der Waals surface area contributed by atoms with E-state index in [0.717, 1.165) is 25.1 Å². The first-order chi connectivity index (χ1) is 19.3. The van der Waals surface area contributed by atoms with Gasteiger partial charge in [-0.3, -0.25) is 29.6 Å². The summed E-state index contributed by atoms with van der Waals surface area (Å²) in [5.74, 6) is -1.14. The number of nitrogens with one attached hydrogen (secondary N) is 1. The molecule has 2 N–H and O–H groups in total. The predicted octanol–water partition coefficient (Wildman–Crippen LogP) is 4.62. The minimum atomic E-state index is -1.13. The SMILES string of the molecule is CC.CC1(O)CN(Cc2ccnn2C2CC2)CCC1c1ccc2ncc(N3CCC(=O)NC3=O)cc2c1F.[Se]I. The van der Waals surface area contributed by atoms with Crippen LogP contribution < -0.4 is 10.2 Å². The van der Waals surface area contributed by atoms with E-state index in [-0.39, 0.29) is 24.8 Å². The Morgan fingerprint density at radius 3 is 2.60 bits per heavy atom. The van der Waals surface area contributed by atoms with Gasteiger partial charge in [0.25, 0.3) is 0 Å². The van der Waals surface area contributed by atoms with E-state index in [1.54, 1.807) is 25.1 Å². The average molecular weight is 728 g/mol. The Labute approximate surface area is 253 Å². The van der Waals surface area contributed by atoms with E-state index in [9.17, 15) is 14.7 Å². The number of pyridine rings is 1. The van der Waals surface area contributed by atoms with Crippen LogP contribution in [0.1, 0.15) is 69.7 Å². The molecule has 2 aromatic heterocycles. The number of amides is 3. The Balaban J connectivity index is 0.000000886. The summed E-state index contributed by atoms with van der Waals surface area (Å²) < 4.78 is 18.0. The van der Waals surface area contributed by atoms with Crippen molar-refractivity contribution in [1.29, 1.82) is 0 Å². The number of halogens is 2. The number of carbonyl (C=O) groups excluding carboxylic acids is 2. The Morgan fingerprint density at radius 2 is 1.93 bits per heavy atom. The van der Waals surface area contributed by atoms with Crippen LogP contribution in [-0.4, -0.2) is 74.7 Å². The molecule has 3 aromatic rings. The number of likely N-dealkylation sites (tertiary alicyclic amines) is 1. The molecule has 0 bridgehead atoms. The number of aliphatic hydroxyl groups is 1. The number of rotatable bonds is 5. The number of benzene rings is 1. The molecule has 3 amide bonds. The van der Waals surface area contributed by atoms with Crippen LogP contribution in [0.2, 0.25) is 0 Å². The van der Waals surface area contributed by atoms with Gasteiger partial charge in [0.1, 0.15) is 5.82 Å². The van der Waals surface area contributed by atoms with Gasteiger partial charge >= 0.3 is 39.1 Å². The fraction of sp³-hybridized carbons (Fsp3) is 0.500. The van der Waals surface area contributed by atoms with Gasteiger partial charge in [0.05, 0.1) is 34.7 Å². The molecule has 2 saturated heterocycles. The van der Waals surface area contributed by atoms with Crippen molar-refractivity contribution in [2.75, 3.05) is 24.5 Å². The fourth-order valence-corrected chi connectivity index (χ4v) is 5.63. The molecule has 0 spiro atoms. The number of β-amino-alcohol motifs (C(OH)–C–C–N with tert-alkyl or cyclic N) is 1. The molecular formula is C28H35FIN6O3Se. The molecule has 2 unspecified atom stereocenters. The summed E-state index contributed by atoms with van der Waals surface area (Å²) in [5.41, 5.74) is 1.37. The van der Waals surface area contributed by atoms with Crippen LogP contribution in [0, 0.1) is 5.82 Å². The summed E-state index contributed by atoms with van der Waals surface area (Å²) in [6.07, 6.45) is 6.44. The van der Waals surface area contributed by atoms with Crippen molar-refractivity contribution in [3.05, 3.63) is 53.7 Å². The van der Waals surface area contributed by atoms with Crippen LogP contribution in [-0.2, 0) is 11.3 Å². The number of nitrogens with zero attached hydrogens (tertiary/aromatic N) is 5. The molecule has 9 nitrogen and oxygen atoms in total. The zero-order valence-electron chi connectivity index (χ0n) is 22.9. The van der Waals surface area contributed by atoms with Gasteiger partial charge in [-0.05, 0) is 56.5 Å². The zero-order valence-corrected chi connectivity index (χ0v) is 26.8. The Hall–Kier alpha value is -2.12. The van der Waals surface area contributed by atoms with Gasteiger partial charge in [-0.25, -0.2) is 9.18 Å². The first-order valence-electron chi connectivity index (χ1n) is 13.6. The molecule has 2 aliphatic heterocycles. The number of hydrogen-bond acceptors (Lipinski definition) is 6. The van der Waals surface area contributed by atoms with Gasteiger partial charge < -0.3 is 5.11 Å². The van der Waals surface area contributed by atoms with Crippen LogP contribution in [0.25, 0.3) is 10.9 Å². The molecule has 4 heterocycles. The number of urea groups is 1. The molecule has 1 saturated carbocycles. The number of aromatic nitrogens is 3. The van der Waals surface area contributed by atoms with Crippen molar-refractivity contribution in [2.24, 2.45) is 0 Å². The van der Waals surface area contributed by atoms with E-state index < -0.39 is 17.4 Å². The topological polar surface area (TPSA) is 104 Å². The van der Waals surface area contributed by atoms with Crippen molar-refractivity contribution in [3.8, 4) is 0 Å². The second-order valence-electron chi connectivity index (χ2n) is 10.4. The van der Waals surface area contributed by atoms with Crippen LogP contribution >= 0.6 is 20.3 Å². The molecule has 6 rings (SSSR count). The molecular weight excluding hydrogens is 693 g/mol. The molecule has 215 valence electrons. The van der Waals surface area contributed by atoms with Crippen LogP contribution in [0.15, 0.2) is 36.7 Å². The molecule has 1 radical (unpaired) electrons. The van der Waals surface area contributed by atoms with Crippen molar-refractivity contribution >= 4 is 61.6 Å². The molecule has 40 heavy (non-hydrogen) atoms. The van der Waals surface area contributed by atoms with Gasteiger partial charge in [0.2, 0.25) is 5.91 Å². The van der Waals surface area contributed by atoms with Gasteiger partial charge in [-0.2, -0.15) is 5.10 Å². The number of fused-ring (bicyclic) bond motifs is 1. The van der Waals surface area contributed by atoms with E-state index >= 15 is 4.39 Å². The van der Waals surface area contributed by atoms with Gasteiger partial charge in [-0.15, -0.1) is 0 Å². The number of anilines is 1. The predicted molar refractivity (Wildman–Crippen MR) is 162 cm³/mol. The number of hydrogen-bond donors (Lipinski definition) is 2. The first kappa shape index (κ1) is 30.8. The normalized spacial score (nSPS) is 23.2. The first-order valence-corrected chi connectivity index (χ1v) is 18.8. The molecule has 12 heteroatoms. The third-order valence-corrected chi connectivity index (χ3v) is 7.61. The van der Waals surface area contributed by atoms with E-state index in [1.165, 1.54) is 11.1 Å². The Kier molecular flexibility index (Phi) is 10.2. The standard InChI is InChI=1S/C26H29FN6O3.C2H6.ISe/c1-26(36)15-31(14-17-6-9-29-33(17)16-2-3-16)10-7-21(26)19-4-5-22-20(24(19)27)12-18(13-28-22)32-11-8-23(34)30-25(32)35;2*1-2/h4-6,9,12-13,16,21,36H,2-3,7-8,10-11,14-15H2,1H3,(H,30,34,35);1-2H3;. The minimum absolute atomic E-state index is 0.176. The van der Waals surface area contributed by atoms with Crippen LogP contribution in [0.4, 0.5) is 14.9 Å². The van der Waals surface area contributed by atoms with Crippen molar-refractivity contribution in [2.45, 2.75) is 70.6 Å². The number of carbonyl (C=O) groups is 2. The number of imide groups is 1. The monoisotopic (exact) mass is 729 g/mol. The number of piperidine rings is 1. The fourth-order valence-electron chi connectivity index (χ4n) is 5.63. The van der Waals surface area contributed by atoms with Crippen LogP contribution in [0.3, 0.4) is 0 Å². The molecule has 1 aromatic carbocycles. The second kappa shape index (κ2) is 13.2. The van der Waals surface area contributed by atoms with E-state index in [4.69, 9.17) is 0 Å². The van der Waals surface area contributed by atoms with Crippen molar-refractivity contribution in [3.63, 3.8) is 0 Å².